The number of urea groups is 1. The summed E-state index contributed by atoms with van der Waals surface area (Å²) in [4.78, 5) is 28.2. The van der Waals surface area contributed by atoms with Crippen LogP contribution < -0.4 is 10.2 Å². The van der Waals surface area contributed by atoms with Crippen LogP contribution in [-0.4, -0.2) is 22.5 Å². The summed E-state index contributed by atoms with van der Waals surface area (Å²) in [5.41, 5.74) is -0.920. The highest BCUT2D eigenvalue weighted by Crippen LogP contribution is 2.42. The maximum Gasteiger partial charge on any atom is 0.329 e. The second-order valence-corrected chi connectivity index (χ2v) is 4.39. The summed E-state index contributed by atoms with van der Waals surface area (Å²) >= 11 is 0. The lowest BCUT2D eigenvalue weighted by molar-refractivity contribution is -0.119. The Kier molecular flexibility index (Phi) is 2.13. The minimum absolute atomic E-state index is 0.214. The van der Waals surface area contributed by atoms with Crippen molar-refractivity contribution in [2.45, 2.75) is 24.8 Å². The van der Waals surface area contributed by atoms with Gasteiger partial charge in [-0.1, -0.05) is 0 Å². The van der Waals surface area contributed by atoms with E-state index in [0.29, 0.717) is 12.8 Å². The number of carbonyl (C=O) groups excluding carboxylic acids is 2. The molecule has 1 spiro atoms. The molecule has 0 atom stereocenters. The Hall–Kier alpha value is -2.05. The van der Waals surface area contributed by atoms with Crippen molar-refractivity contribution in [3.05, 3.63) is 24.0 Å². The average Bonchev–Trinajstić information content (AvgIpc) is 3.05. The molecule has 0 radical (unpaired) electrons. The minimum Gasteiger partial charge on any atom is -0.323 e. The number of carbonyl (C=O) groups is 2. The lowest BCUT2D eigenvalue weighted by atomic mass is 10.2. The number of halogens is 2. The number of pyridine rings is 1. The molecule has 1 aromatic heterocycles. The van der Waals surface area contributed by atoms with Gasteiger partial charge in [-0.3, -0.25) is 9.78 Å². The van der Waals surface area contributed by atoms with Crippen molar-refractivity contribution >= 4 is 17.6 Å². The summed E-state index contributed by atoms with van der Waals surface area (Å²) in [5, 5.41) is 2.60. The molecule has 1 aliphatic heterocycles. The van der Waals surface area contributed by atoms with E-state index in [4.69, 9.17) is 0 Å². The highest BCUT2D eigenvalue weighted by atomic mass is 19.3. The Morgan fingerprint density at radius 3 is 2.50 bits per heavy atom. The molecule has 2 fully saturated rings. The molecule has 5 nitrogen and oxygen atoms in total. The van der Waals surface area contributed by atoms with Crippen molar-refractivity contribution in [1.29, 1.82) is 0 Å². The van der Waals surface area contributed by atoms with Crippen molar-refractivity contribution in [3.63, 3.8) is 0 Å². The van der Waals surface area contributed by atoms with E-state index in [1.165, 1.54) is 6.07 Å². The number of nitrogens with one attached hydrogen (secondary N) is 1. The van der Waals surface area contributed by atoms with Crippen LogP contribution in [0.15, 0.2) is 18.3 Å². The molecule has 2 heterocycles. The molecule has 1 saturated carbocycles. The van der Waals surface area contributed by atoms with E-state index in [2.05, 4.69) is 10.3 Å². The Morgan fingerprint density at radius 2 is 2.06 bits per heavy atom. The highest BCUT2D eigenvalue weighted by molar-refractivity contribution is 6.24. The van der Waals surface area contributed by atoms with Gasteiger partial charge in [-0.25, -0.2) is 18.5 Å². The maximum absolute atomic E-state index is 12.3. The van der Waals surface area contributed by atoms with Gasteiger partial charge in [0.25, 0.3) is 12.3 Å². The summed E-state index contributed by atoms with van der Waals surface area (Å²) in [5.74, 6) is -0.334. The summed E-state index contributed by atoms with van der Waals surface area (Å²) in [6.07, 6.45) is -0.315. The lowest BCUT2D eigenvalue weighted by Gasteiger charge is -2.12. The smallest absolute Gasteiger partial charge is 0.323 e. The molecule has 7 heteroatoms. The number of hydrogen-bond donors (Lipinski definition) is 1. The molecule has 1 aliphatic carbocycles. The zero-order valence-electron chi connectivity index (χ0n) is 9.19. The second kappa shape index (κ2) is 3.47. The Labute approximate surface area is 101 Å². The van der Waals surface area contributed by atoms with Gasteiger partial charge in [-0.2, -0.15) is 0 Å². The molecule has 0 unspecified atom stereocenters. The number of amides is 3. The van der Waals surface area contributed by atoms with Gasteiger partial charge in [-0.05, 0) is 25.0 Å². The van der Waals surface area contributed by atoms with Gasteiger partial charge in [0.15, 0.2) is 0 Å². The van der Waals surface area contributed by atoms with Gasteiger partial charge >= 0.3 is 6.03 Å². The van der Waals surface area contributed by atoms with E-state index in [1.807, 2.05) is 0 Å². The SMILES string of the molecule is O=C1NC2(CC2)C(=O)N1c1ccc(C(F)F)nc1. The van der Waals surface area contributed by atoms with Crippen LogP contribution in [0.1, 0.15) is 25.0 Å². The molecular weight excluding hydrogens is 244 g/mol. The summed E-state index contributed by atoms with van der Waals surface area (Å²) in [6, 6.07) is 1.88. The van der Waals surface area contributed by atoms with Crippen LogP contribution >= 0.6 is 0 Å². The fraction of sp³-hybridized carbons (Fsp3) is 0.364. The van der Waals surface area contributed by atoms with Gasteiger partial charge in [-0.15, -0.1) is 0 Å². The van der Waals surface area contributed by atoms with Crippen molar-refractivity contribution in [3.8, 4) is 0 Å². The standard InChI is InChI=1S/C11H9F2N3O2/c12-8(13)7-2-1-6(5-14-7)16-9(17)11(3-4-11)15-10(16)18/h1-2,5,8H,3-4H2,(H,15,18). The Morgan fingerprint density at radius 1 is 1.33 bits per heavy atom. The lowest BCUT2D eigenvalue weighted by Crippen LogP contribution is -2.32. The van der Waals surface area contributed by atoms with Gasteiger partial charge in [0.2, 0.25) is 0 Å². The third-order valence-electron chi connectivity index (χ3n) is 3.16. The van der Waals surface area contributed by atoms with Crippen molar-refractivity contribution in [1.82, 2.24) is 10.3 Å². The first-order valence-electron chi connectivity index (χ1n) is 5.44. The van der Waals surface area contributed by atoms with Crippen LogP contribution in [0.4, 0.5) is 19.3 Å². The normalized spacial score (nSPS) is 20.7. The number of alkyl halides is 2. The third kappa shape index (κ3) is 1.47. The number of aromatic nitrogens is 1. The third-order valence-corrected chi connectivity index (χ3v) is 3.16. The van der Waals surface area contributed by atoms with Gasteiger partial charge in [0, 0.05) is 0 Å². The first-order valence-corrected chi connectivity index (χ1v) is 5.44. The number of hydrogen-bond acceptors (Lipinski definition) is 3. The summed E-state index contributed by atoms with van der Waals surface area (Å²) < 4.78 is 24.7. The van der Waals surface area contributed by atoms with Crippen LogP contribution in [0.5, 0.6) is 0 Å². The maximum atomic E-state index is 12.3. The predicted molar refractivity (Wildman–Crippen MR) is 57.2 cm³/mol. The molecule has 94 valence electrons. The molecule has 3 rings (SSSR count). The van der Waals surface area contributed by atoms with E-state index >= 15 is 0 Å². The molecule has 0 bridgehead atoms. The monoisotopic (exact) mass is 253 g/mol. The molecule has 3 amide bonds. The van der Waals surface area contributed by atoms with Crippen molar-refractivity contribution < 1.29 is 18.4 Å². The van der Waals surface area contributed by atoms with Crippen LogP contribution in [0, 0.1) is 0 Å². The average molecular weight is 253 g/mol. The van der Waals surface area contributed by atoms with E-state index < -0.39 is 18.0 Å². The quantitative estimate of drug-likeness (QED) is 0.814. The number of imide groups is 1. The predicted octanol–water partition coefficient (Wildman–Crippen LogP) is 1.61. The summed E-state index contributed by atoms with van der Waals surface area (Å²) in [7, 11) is 0. The van der Waals surface area contributed by atoms with Crippen LogP contribution in [0.2, 0.25) is 0 Å². The van der Waals surface area contributed by atoms with E-state index in [0.717, 1.165) is 17.2 Å². The zero-order chi connectivity index (χ0) is 12.9. The number of nitrogens with zero attached hydrogens (tertiary/aromatic N) is 2. The summed E-state index contributed by atoms with van der Waals surface area (Å²) in [6.45, 7) is 0. The van der Waals surface area contributed by atoms with Crippen molar-refractivity contribution in [2.24, 2.45) is 0 Å². The molecule has 1 N–H and O–H groups in total. The van der Waals surface area contributed by atoms with Crippen LogP contribution in [0.25, 0.3) is 0 Å². The van der Waals surface area contributed by atoms with Gasteiger partial charge in [0.1, 0.15) is 11.2 Å². The first kappa shape index (κ1) is 11.1. The largest absolute Gasteiger partial charge is 0.329 e. The number of rotatable bonds is 2. The van der Waals surface area contributed by atoms with Gasteiger partial charge in [0.05, 0.1) is 11.9 Å². The van der Waals surface area contributed by atoms with E-state index in [9.17, 15) is 18.4 Å². The zero-order valence-corrected chi connectivity index (χ0v) is 9.19. The van der Waals surface area contributed by atoms with Gasteiger partial charge < -0.3 is 5.32 Å². The minimum atomic E-state index is -2.67. The first-order chi connectivity index (χ1) is 8.53. The molecule has 0 aromatic carbocycles. The second-order valence-electron chi connectivity index (χ2n) is 4.39. The van der Waals surface area contributed by atoms with Crippen LogP contribution in [0.3, 0.4) is 0 Å². The number of anilines is 1. The topological polar surface area (TPSA) is 62.3 Å². The Bertz CT molecular complexity index is 526. The van der Waals surface area contributed by atoms with E-state index in [-0.39, 0.29) is 17.3 Å². The fourth-order valence-electron chi connectivity index (χ4n) is 1.98. The molecule has 1 aromatic rings. The molecule has 1 saturated heterocycles. The molecular formula is C11H9F2N3O2. The fourth-order valence-corrected chi connectivity index (χ4v) is 1.98. The van der Waals surface area contributed by atoms with Crippen molar-refractivity contribution in [2.75, 3.05) is 4.90 Å². The van der Waals surface area contributed by atoms with E-state index in [1.54, 1.807) is 0 Å². The molecule has 2 aliphatic rings. The van der Waals surface area contributed by atoms with Crippen LogP contribution in [-0.2, 0) is 4.79 Å². The Balaban J connectivity index is 1.91. The highest BCUT2D eigenvalue weighted by Gasteiger charge is 2.59. The molecule has 18 heavy (non-hydrogen) atoms.